The molecule has 0 unspecified atom stereocenters. The van der Waals surface area contributed by atoms with Gasteiger partial charge in [0.2, 0.25) is 0 Å². The summed E-state index contributed by atoms with van der Waals surface area (Å²) < 4.78 is 5.53. The minimum absolute atomic E-state index is 0.0339. The van der Waals surface area contributed by atoms with E-state index >= 15 is 0 Å². The predicted octanol–water partition coefficient (Wildman–Crippen LogP) is 4.38. The van der Waals surface area contributed by atoms with Crippen LogP contribution in [-0.2, 0) is 4.79 Å². The number of benzene rings is 2. The molecule has 1 amide bonds. The molecule has 0 bridgehead atoms. The second kappa shape index (κ2) is 7.13. The van der Waals surface area contributed by atoms with E-state index in [9.17, 15) is 4.79 Å². The number of aromatic nitrogens is 1. The molecule has 122 valence electrons. The summed E-state index contributed by atoms with van der Waals surface area (Å²) in [6, 6.07) is 17.5. The molecular weight excluding hydrogens is 300 g/mol. The standard InChI is InChI=1S/C20H20N2O2/c1-14(2)15-7-9-18(10-8-15)24-13-20(23)22-17-11-16-5-3-4-6-19(16)21-12-17/h3-12,14H,13H2,1-2H3,(H,22,23). The second-order valence-electron chi connectivity index (χ2n) is 5.98. The number of nitrogens with one attached hydrogen (secondary N) is 1. The SMILES string of the molecule is CC(C)c1ccc(OCC(=O)Nc2cnc3ccccc3c2)cc1. The van der Waals surface area contributed by atoms with E-state index in [2.05, 4.69) is 24.1 Å². The van der Waals surface area contributed by atoms with Crippen molar-refractivity contribution < 1.29 is 9.53 Å². The van der Waals surface area contributed by atoms with Gasteiger partial charge in [0, 0.05) is 5.39 Å². The van der Waals surface area contributed by atoms with E-state index in [1.807, 2.05) is 54.6 Å². The number of fused-ring (bicyclic) bond motifs is 1. The van der Waals surface area contributed by atoms with Crippen molar-refractivity contribution in [3.63, 3.8) is 0 Å². The van der Waals surface area contributed by atoms with Gasteiger partial charge in [0.1, 0.15) is 5.75 Å². The van der Waals surface area contributed by atoms with E-state index in [1.165, 1.54) is 5.56 Å². The summed E-state index contributed by atoms with van der Waals surface area (Å²) in [7, 11) is 0. The van der Waals surface area contributed by atoms with Crippen LogP contribution in [0.4, 0.5) is 5.69 Å². The lowest BCUT2D eigenvalue weighted by Crippen LogP contribution is -2.20. The minimum Gasteiger partial charge on any atom is -0.484 e. The van der Waals surface area contributed by atoms with Crippen molar-refractivity contribution >= 4 is 22.5 Å². The third kappa shape index (κ3) is 3.90. The maximum atomic E-state index is 12.0. The number of amides is 1. The summed E-state index contributed by atoms with van der Waals surface area (Å²) in [6.07, 6.45) is 1.65. The highest BCUT2D eigenvalue weighted by atomic mass is 16.5. The van der Waals surface area contributed by atoms with Crippen LogP contribution in [0, 0.1) is 0 Å². The van der Waals surface area contributed by atoms with Gasteiger partial charge < -0.3 is 10.1 Å². The van der Waals surface area contributed by atoms with Crippen molar-refractivity contribution in [2.45, 2.75) is 19.8 Å². The number of carbonyl (C=O) groups excluding carboxylic acids is 1. The van der Waals surface area contributed by atoms with E-state index in [0.717, 1.165) is 10.9 Å². The van der Waals surface area contributed by atoms with Crippen LogP contribution >= 0.6 is 0 Å². The lowest BCUT2D eigenvalue weighted by atomic mass is 10.0. The molecule has 1 N–H and O–H groups in total. The summed E-state index contributed by atoms with van der Waals surface area (Å²) in [5.41, 5.74) is 2.81. The van der Waals surface area contributed by atoms with Crippen LogP contribution in [-0.4, -0.2) is 17.5 Å². The van der Waals surface area contributed by atoms with Crippen LogP contribution in [0.5, 0.6) is 5.75 Å². The third-order valence-corrected chi connectivity index (χ3v) is 3.79. The molecule has 24 heavy (non-hydrogen) atoms. The van der Waals surface area contributed by atoms with Crippen LogP contribution in [0.2, 0.25) is 0 Å². The first-order valence-corrected chi connectivity index (χ1v) is 7.99. The Kier molecular flexibility index (Phi) is 4.75. The summed E-state index contributed by atoms with van der Waals surface area (Å²) >= 11 is 0. The summed E-state index contributed by atoms with van der Waals surface area (Å²) in [4.78, 5) is 16.4. The molecule has 1 heterocycles. The smallest absolute Gasteiger partial charge is 0.262 e. The Balaban J connectivity index is 1.58. The second-order valence-corrected chi connectivity index (χ2v) is 5.98. The Bertz CT molecular complexity index is 842. The average Bonchev–Trinajstić information content (AvgIpc) is 2.60. The van der Waals surface area contributed by atoms with Gasteiger partial charge in [0.05, 0.1) is 17.4 Å². The summed E-state index contributed by atoms with van der Waals surface area (Å²) in [5, 5.41) is 3.79. The van der Waals surface area contributed by atoms with Crippen molar-refractivity contribution in [3.05, 3.63) is 66.4 Å². The average molecular weight is 320 g/mol. The zero-order chi connectivity index (χ0) is 16.9. The Morgan fingerprint density at radius 1 is 1.12 bits per heavy atom. The topological polar surface area (TPSA) is 51.2 Å². The highest BCUT2D eigenvalue weighted by Crippen LogP contribution is 2.19. The minimum atomic E-state index is -0.208. The van der Waals surface area contributed by atoms with Crippen molar-refractivity contribution in [1.82, 2.24) is 4.98 Å². The molecule has 3 aromatic rings. The molecule has 0 atom stereocenters. The first-order valence-electron chi connectivity index (χ1n) is 7.99. The lowest BCUT2D eigenvalue weighted by molar-refractivity contribution is -0.118. The lowest BCUT2D eigenvalue weighted by Gasteiger charge is -2.09. The van der Waals surface area contributed by atoms with Gasteiger partial charge in [-0.1, -0.05) is 44.2 Å². The Morgan fingerprint density at radius 2 is 1.88 bits per heavy atom. The molecule has 3 rings (SSSR count). The van der Waals surface area contributed by atoms with Gasteiger partial charge in [-0.15, -0.1) is 0 Å². The van der Waals surface area contributed by atoms with Gasteiger partial charge in [-0.25, -0.2) is 0 Å². The highest BCUT2D eigenvalue weighted by Gasteiger charge is 2.06. The fraction of sp³-hybridized carbons (Fsp3) is 0.200. The van der Waals surface area contributed by atoms with Crippen molar-refractivity contribution in [1.29, 1.82) is 0 Å². The van der Waals surface area contributed by atoms with Gasteiger partial charge >= 0.3 is 0 Å². The first-order chi connectivity index (χ1) is 11.6. The molecule has 0 fully saturated rings. The number of carbonyl (C=O) groups is 1. The Morgan fingerprint density at radius 3 is 2.62 bits per heavy atom. The quantitative estimate of drug-likeness (QED) is 0.759. The number of ether oxygens (including phenoxy) is 1. The highest BCUT2D eigenvalue weighted by molar-refractivity contribution is 5.93. The van der Waals surface area contributed by atoms with Gasteiger partial charge in [0.15, 0.2) is 6.61 Å². The van der Waals surface area contributed by atoms with E-state index in [-0.39, 0.29) is 12.5 Å². The number of pyridine rings is 1. The molecule has 0 aliphatic rings. The van der Waals surface area contributed by atoms with E-state index in [4.69, 9.17) is 4.74 Å². The fourth-order valence-corrected chi connectivity index (χ4v) is 2.43. The first kappa shape index (κ1) is 16.0. The molecule has 4 nitrogen and oxygen atoms in total. The van der Waals surface area contributed by atoms with Crippen LogP contribution in [0.25, 0.3) is 10.9 Å². The van der Waals surface area contributed by atoms with E-state index in [1.54, 1.807) is 6.20 Å². The maximum absolute atomic E-state index is 12.0. The molecule has 0 aliphatic heterocycles. The molecule has 1 aromatic heterocycles. The number of anilines is 1. The molecular formula is C20H20N2O2. The molecule has 0 spiro atoms. The molecule has 4 heteroatoms. The number of hydrogen-bond acceptors (Lipinski definition) is 3. The van der Waals surface area contributed by atoms with Crippen molar-refractivity contribution in [2.75, 3.05) is 11.9 Å². The van der Waals surface area contributed by atoms with Gasteiger partial charge in [-0.2, -0.15) is 0 Å². The Labute approximate surface area is 141 Å². The molecule has 0 saturated heterocycles. The van der Waals surface area contributed by atoms with Crippen LogP contribution in [0.15, 0.2) is 60.8 Å². The summed E-state index contributed by atoms with van der Waals surface area (Å²) in [6.45, 7) is 4.25. The third-order valence-electron chi connectivity index (χ3n) is 3.79. The summed E-state index contributed by atoms with van der Waals surface area (Å²) in [5.74, 6) is 0.953. The monoisotopic (exact) mass is 320 g/mol. The Hall–Kier alpha value is -2.88. The zero-order valence-electron chi connectivity index (χ0n) is 13.8. The van der Waals surface area contributed by atoms with E-state index in [0.29, 0.717) is 17.4 Å². The van der Waals surface area contributed by atoms with Gasteiger partial charge in [-0.3, -0.25) is 9.78 Å². The number of nitrogens with zero attached hydrogens (tertiary/aromatic N) is 1. The fourth-order valence-electron chi connectivity index (χ4n) is 2.43. The van der Waals surface area contributed by atoms with E-state index < -0.39 is 0 Å². The molecule has 0 radical (unpaired) electrons. The molecule has 0 saturated carbocycles. The number of hydrogen-bond donors (Lipinski definition) is 1. The van der Waals surface area contributed by atoms with Crippen molar-refractivity contribution in [3.8, 4) is 5.75 Å². The largest absolute Gasteiger partial charge is 0.484 e. The van der Waals surface area contributed by atoms with Crippen LogP contribution in [0.3, 0.4) is 0 Å². The number of rotatable bonds is 5. The predicted molar refractivity (Wildman–Crippen MR) is 96.4 cm³/mol. The van der Waals surface area contributed by atoms with Crippen LogP contribution in [0.1, 0.15) is 25.3 Å². The molecule has 0 aliphatic carbocycles. The van der Waals surface area contributed by atoms with Gasteiger partial charge in [0.25, 0.3) is 5.91 Å². The normalized spacial score (nSPS) is 10.8. The van der Waals surface area contributed by atoms with Gasteiger partial charge in [-0.05, 0) is 35.7 Å². The van der Waals surface area contributed by atoms with Crippen LogP contribution < -0.4 is 10.1 Å². The molecule has 2 aromatic carbocycles. The zero-order valence-corrected chi connectivity index (χ0v) is 13.8. The maximum Gasteiger partial charge on any atom is 0.262 e. The number of para-hydroxylation sites is 1. The van der Waals surface area contributed by atoms with Crippen molar-refractivity contribution in [2.24, 2.45) is 0 Å².